The molecule has 0 spiro atoms. The summed E-state index contributed by atoms with van der Waals surface area (Å²) in [7, 11) is 0. The van der Waals surface area contributed by atoms with E-state index in [-0.39, 0.29) is 28.6 Å². The van der Waals surface area contributed by atoms with E-state index in [0.29, 0.717) is 16.8 Å². The molecule has 0 saturated carbocycles. The molecule has 1 N–H and O–H groups in total. The number of H-pyrrole nitrogens is 1. The first-order valence-corrected chi connectivity index (χ1v) is 8.72. The molecule has 0 aliphatic rings. The third-order valence-corrected chi connectivity index (χ3v) is 4.64. The summed E-state index contributed by atoms with van der Waals surface area (Å²) in [6.07, 6.45) is -4.49. The van der Waals surface area contributed by atoms with Gasteiger partial charge in [0.1, 0.15) is 6.04 Å². The van der Waals surface area contributed by atoms with Crippen molar-refractivity contribution in [1.29, 1.82) is 0 Å². The van der Waals surface area contributed by atoms with E-state index in [4.69, 9.17) is 0 Å². The number of hydrogen-bond acceptors (Lipinski definition) is 5. The van der Waals surface area contributed by atoms with Gasteiger partial charge in [-0.3, -0.25) is 9.59 Å². The maximum absolute atomic E-state index is 12.9. The predicted octanol–water partition coefficient (Wildman–Crippen LogP) is 3.95. The van der Waals surface area contributed by atoms with E-state index < -0.39 is 17.8 Å². The maximum atomic E-state index is 12.9. The summed E-state index contributed by atoms with van der Waals surface area (Å²) in [6, 6.07) is 3.68. The standard InChI is InChI=1S/C19H18F3N5O2/c1-9-15(12(4)28)10(2)23-16(9)17(29)11(3)27-25-18(24-26-27)13-6-5-7-14(8-13)19(20,21)22/h5-8,11,23H,1-4H3/t11-/m1/s1. The Hall–Kier alpha value is -3.30. The number of nitrogens with one attached hydrogen (secondary N) is 1. The zero-order valence-corrected chi connectivity index (χ0v) is 16.1. The van der Waals surface area contributed by atoms with Gasteiger partial charge < -0.3 is 4.98 Å². The predicted molar refractivity (Wildman–Crippen MR) is 97.6 cm³/mol. The molecule has 0 bridgehead atoms. The molecule has 0 saturated heterocycles. The van der Waals surface area contributed by atoms with E-state index in [1.165, 1.54) is 19.1 Å². The van der Waals surface area contributed by atoms with Gasteiger partial charge in [-0.2, -0.15) is 18.0 Å². The van der Waals surface area contributed by atoms with Crippen LogP contribution in [0.25, 0.3) is 11.4 Å². The van der Waals surface area contributed by atoms with Crippen LogP contribution in [0.3, 0.4) is 0 Å². The van der Waals surface area contributed by atoms with E-state index in [1.807, 2.05) is 0 Å². The van der Waals surface area contributed by atoms with Crippen LogP contribution in [-0.2, 0) is 6.18 Å². The highest BCUT2D eigenvalue weighted by Gasteiger charge is 2.31. The Morgan fingerprint density at radius 1 is 1.21 bits per heavy atom. The van der Waals surface area contributed by atoms with Crippen LogP contribution < -0.4 is 0 Å². The van der Waals surface area contributed by atoms with Gasteiger partial charge in [0.2, 0.25) is 11.6 Å². The number of tetrazole rings is 1. The lowest BCUT2D eigenvalue weighted by Gasteiger charge is -2.09. The third kappa shape index (κ3) is 3.82. The van der Waals surface area contributed by atoms with E-state index in [1.54, 1.807) is 20.8 Å². The van der Waals surface area contributed by atoms with Crippen molar-refractivity contribution < 1.29 is 22.8 Å². The molecule has 3 rings (SSSR count). The summed E-state index contributed by atoms with van der Waals surface area (Å²) in [6.45, 7) is 6.33. The fraction of sp³-hybridized carbons (Fsp3) is 0.316. The normalized spacial score (nSPS) is 12.8. The second-order valence-corrected chi connectivity index (χ2v) is 6.73. The average molecular weight is 405 g/mol. The molecule has 7 nitrogen and oxygen atoms in total. The van der Waals surface area contributed by atoms with Gasteiger partial charge in [-0.1, -0.05) is 12.1 Å². The Bertz CT molecular complexity index is 1100. The second-order valence-electron chi connectivity index (χ2n) is 6.73. The highest BCUT2D eigenvalue weighted by Crippen LogP contribution is 2.31. The highest BCUT2D eigenvalue weighted by molar-refractivity contribution is 6.04. The van der Waals surface area contributed by atoms with Crippen LogP contribution in [0.15, 0.2) is 24.3 Å². The largest absolute Gasteiger partial charge is 0.416 e. The Kier molecular flexibility index (Phi) is 5.12. The maximum Gasteiger partial charge on any atom is 0.416 e. The molecule has 2 aromatic heterocycles. The summed E-state index contributed by atoms with van der Waals surface area (Å²) in [5.41, 5.74) is 1.14. The first kappa shape index (κ1) is 20.4. The first-order chi connectivity index (χ1) is 13.5. The summed E-state index contributed by atoms with van der Waals surface area (Å²) < 4.78 is 38.7. The Labute approximate surface area is 163 Å². The molecular weight excluding hydrogens is 387 g/mol. The number of alkyl halides is 3. The number of nitrogens with zero attached hydrogens (tertiary/aromatic N) is 4. The number of carbonyl (C=O) groups excluding carboxylic acids is 2. The smallest absolute Gasteiger partial charge is 0.355 e. The number of Topliss-reactive ketones (excluding diaryl/α,β-unsaturated/α-hetero) is 2. The van der Waals surface area contributed by atoms with Gasteiger partial charge in [-0.25, -0.2) is 0 Å². The minimum Gasteiger partial charge on any atom is -0.355 e. The molecule has 10 heteroatoms. The molecule has 1 atom stereocenters. The monoisotopic (exact) mass is 405 g/mol. The first-order valence-electron chi connectivity index (χ1n) is 8.72. The van der Waals surface area contributed by atoms with Crippen molar-refractivity contribution in [2.75, 3.05) is 0 Å². The van der Waals surface area contributed by atoms with E-state index in [2.05, 4.69) is 20.4 Å². The Morgan fingerprint density at radius 3 is 2.48 bits per heavy atom. The quantitative estimate of drug-likeness (QED) is 0.649. The zero-order valence-electron chi connectivity index (χ0n) is 16.1. The number of benzene rings is 1. The minimum atomic E-state index is -4.49. The lowest BCUT2D eigenvalue weighted by atomic mass is 10.0. The lowest BCUT2D eigenvalue weighted by molar-refractivity contribution is -0.137. The van der Waals surface area contributed by atoms with E-state index >= 15 is 0 Å². The number of hydrogen-bond donors (Lipinski definition) is 1. The average Bonchev–Trinajstić information content (AvgIpc) is 3.24. The van der Waals surface area contributed by atoms with Crippen molar-refractivity contribution in [1.82, 2.24) is 25.2 Å². The molecule has 2 heterocycles. The summed E-state index contributed by atoms with van der Waals surface area (Å²) in [5.74, 6) is -0.556. The number of carbonyl (C=O) groups is 2. The number of aryl methyl sites for hydroxylation is 1. The Morgan fingerprint density at radius 2 is 1.90 bits per heavy atom. The van der Waals surface area contributed by atoms with Gasteiger partial charge in [0.25, 0.3) is 0 Å². The third-order valence-electron chi connectivity index (χ3n) is 4.64. The number of halogens is 3. The topological polar surface area (TPSA) is 93.5 Å². The van der Waals surface area contributed by atoms with Crippen LogP contribution in [0, 0.1) is 13.8 Å². The van der Waals surface area contributed by atoms with E-state index in [0.717, 1.165) is 16.9 Å². The number of rotatable bonds is 5. The molecule has 0 radical (unpaired) electrons. The highest BCUT2D eigenvalue weighted by atomic mass is 19.4. The molecule has 152 valence electrons. The second kappa shape index (κ2) is 7.26. The van der Waals surface area contributed by atoms with Crippen molar-refractivity contribution in [2.45, 2.75) is 39.9 Å². The van der Waals surface area contributed by atoms with Gasteiger partial charge in [0.05, 0.1) is 11.3 Å². The van der Waals surface area contributed by atoms with Gasteiger partial charge in [0.15, 0.2) is 5.78 Å². The molecular formula is C19H18F3N5O2. The SMILES string of the molecule is CC(=O)c1c(C)[nH]c(C(=O)[C@@H](C)n2nnc(-c3cccc(C(F)(F)F)c3)n2)c1C. The molecule has 29 heavy (non-hydrogen) atoms. The number of aromatic amines is 1. The number of aromatic nitrogens is 5. The molecule has 0 aliphatic heterocycles. The van der Waals surface area contributed by atoms with Crippen molar-refractivity contribution in [3.63, 3.8) is 0 Å². The van der Waals surface area contributed by atoms with Gasteiger partial charge in [-0.15, -0.1) is 10.2 Å². The van der Waals surface area contributed by atoms with E-state index in [9.17, 15) is 22.8 Å². The minimum absolute atomic E-state index is 0.0282. The lowest BCUT2D eigenvalue weighted by Crippen LogP contribution is -2.20. The van der Waals surface area contributed by atoms with Gasteiger partial charge in [-0.05, 0) is 50.6 Å². The fourth-order valence-electron chi connectivity index (χ4n) is 3.18. The summed E-state index contributed by atoms with van der Waals surface area (Å²) in [4.78, 5) is 28.6. The van der Waals surface area contributed by atoms with Crippen molar-refractivity contribution in [3.8, 4) is 11.4 Å². The van der Waals surface area contributed by atoms with Crippen LogP contribution in [0.2, 0.25) is 0 Å². The molecule has 3 aromatic rings. The fourth-order valence-corrected chi connectivity index (χ4v) is 3.18. The van der Waals surface area contributed by atoms with Crippen molar-refractivity contribution in [2.24, 2.45) is 0 Å². The summed E-state index contributed by atoms with van der Waals surface area (Å²) >= 11 is 0. The Balaban J connectivity index is 1.90. The molecule has 0 aliphatic carbocycles. The van der Waals surface area contributed by atoms with Crippen LogP contribution in [0.5, 0.6) is 0 Å². The van der Waals surface area contributed by atoms with Crippen LogP contribution >= 0.6 is 0 Å². The molecule has 0 fully saturated rings. The van der Waals surface area contributed by atoms with Crippen LogP contribution in [-0.4, -0.2) is 36.8 Å². The van der Waals surface area contributed by atoms with Crippen LogP contribution in [0.1, 0.15) is 57.6 Å². The van der Waals surface area contributed by atoms with Crippen molar-refractivity contribution in [3.05, 3.63) is 52.3 Å². The van der Waals surface area contributed by atoms with Crippen LogP contribution in [0.4, 0.5) is 13.2 Å². The van der Waals surface area contributed by atoms with Gasteiger partial charge >= 0.3 is 6.18 Å². The van der Waals surface area contributed by atoms with Gasteiger partial charge in [0, 0.05) is 16.8 Å². The summed E-state index contributed by atoms with van der Waals surface area (Å²) in [5, 5.41) is 11.7. The zero-order chi connectivity index (χ0) is 21.5. The molecule has 1 aromatic carbocycles. The molecule has 0 amide bonds. The number of ketones is 2. The van der Waals surface area contributed by atoms with Crippen molar-refractivity contribution >= 4 is 11.6 Å². The molecule has 0 unspecified atom stereocenters.